The van der Waals surface area contributed by atoms with E-state index in [0.29, 0.717) is 77.8 Å². The van der Waals surface area contributed by atoms with E-state index in [9.17, 15) is 43.2 Å². The highest BCUT2D eigenvalue weighted by atomic mass is 16.5. The Hall–Kier alpha value is -8.11. The van der Waals surface area contributed by atoms with E-state index >= 15 is 0 Å². The van der Waals surface area contributed by atoms with Gasteiger partial charge in [0.2, 0.25) is 42.4 Å². The average Bonchev–Trinajstić information content (AvgIpc) is 3.41. The van der Waals surface area contributed by atoms with Crippen LogP contribution in [0.4, 0.5) is 0 Å². The molecule has 0 aliphatic carbocycles. The van der Waals surface area contributed by atoms with Gasteiger partial charge in [0, 0.05) is 97.5 Å². The number of nitrogens with two attached hydrogens (primary N) is 3. The van der Waals surface area contributed by atoms with Crippen molar-refractivity contribution in [2.45, 2.75) is 122 Å². The molecule has 3 aromatic carbocycles. The summed E-state index contributed by atoms with van der Waals surface area (Å²) < 4.78 is 10.8. The molecule has 11 N–H and O–H groups in total. The Bertz CT molecular complexity index is 2630. The van der Waals surface area contributed by atoms with Crippen molar-refractivity contribution in [2.24, 2.45) is 17.2 Å². The van der Waals surface area contributed by atoms with Crippen molar-refractivity contribution in [3.05, 3.63) is 107 Å². The van der Waals surface area contributed by atoms with Gasteiger partial charge in [-0.15, -0.1) is 0 Å². The number of nitrogens with one attached hydrogen (secondary N) is 5. The Balaban J connectivity index is 0.000000417. The number of aryl methyl sites for hydroxylation is 2. The van der Waals surface area contributed by atoms with Crippen molar-refractivity contribution < 1.29 is 52.6 Å². The number of nitrogens with zero attached hydrogens (tertiary/aromatic N) is 3. The number of likely N-dealkylation sites (N-methyl/N-ethyl adjacent to an activating group) is 1. The maximum Gasteiger partial charge on any atom is 0.262 e. The Morgan fingerprint density at radius 1 is 0.863 bits per heavy atom. The number of rotatable bonds is 28. The number of hydrogen-bond donors (Lipinski definition) is 8. The van der Waals surface area contributed by atoms with Crippen LogP contribution in [-0.4, -0.2) is 152 Å². The number of ether oxygens (including phenoxy) is 2. The van der Waals surface area contributed by atoms with Crippen molar-refractivity contribution in [3.8, 4) is 5.75 Å². The number of amides is 8. The number of aromatic nitrogens is 1. The molecule has 2 heterocycles. The standard InChI is InChI=1S/C29H41N3O4.C13H18N4O3.C11H15N3O2.C5H9NO2/c1-21-8-11-26-20-24(9-12-25(26)19-21)10-13-27(34)31-29(14-17-36-18-15-29)28(35)30-22(2)7-5-6-16-32(4)23(3)33;1-9(5-10-3-2-4-15-7-10)17-13(20)11(16-8-18)6-12(14)19;12-5-6-16-9-3-1-8(2-4-9)7-10(13)11(14)15;1-5(8)3-6(2)4-7/h8-9,11-12,19-20,22H,5-7,10,13-18H2,1-4H3,(H,30,35)(H,31,34);2-4,7-9,11H,5-6H2,1H3,(H2,14,19)(H,16,18)(H,17,20);1-4,13H,5-7,12H2,(H2,14,15);4H,3H2,1-2H3/t;9?,11-;;/m.0../s1. The van der Waals surface area contributed by atoms with E-state index in [4.69, 9.17) is 32.1 Å². The lowest BCUT2D eigenvalue weighted by molar-refractivity contribution is -0.138. The van der Waals surface area contributed by atoms with Gasteiger partial charge in [-0.2, -0.15) is 0 Å². The van der Waals surface area contributed by atoms with E-state index in [1.54, 1.807) is 62.6 Å². The molecule has 1 aromatic heterocycles. The summed E-state index contributed by atoms with van der Waals surface area (Å²) in [5.74, 6) is -1.25. The SMILES string of the molecule is CC(=O)CN(C)C=O.CC(=O)N(C)CCCCC(C)NC(=O)C1(NC(=O)CCc2ccc3cc(C)ccc3c2)CCOCC1.CC(Cc1cccnc1)NC(=O)[C@H](CC(N)=O)NC=O.N=C(Cc1ccc(OCCN)cc1)C(N)=O. The van der Waals surface area contributed by atoms with E-state index in [0.717, 1.165) is 41.7 Å². The number of hydrogen-bond acceptors (Lipinski definition) is 14. The molecule has 1 aliphatic rings. The molecule has 3 atom stereocenters. The van der Waals surface area contributed by atoms with Gasteiger partial charge < -0.3 is 57.7 Å². The fraction of sp³-hybridized carbons (Fsp3) is 0.466. The summed E-state index contributed by atoms with van der Waals surface area (Å²) in [6.45, 7) is 11.7. The first-order chi connectivity index (χ1) is 38.0. The number of Topliss-reactive ketones (excluding diaryl/α,β-unsaturated/α-hetero) is 1. The molecule has 436 valence electrons. The largest absolute Gasteiger partial charge is 0.492 e. The lowest BCUT2D eigenvalue weighted by atomic mass is 9.88. The van der Waals surface area contributed by atoms with Crippen LogP contribution >= 0.6 is 0 Å². The molecule has 80 heavy (non-hydrogen) atoms. The van der Waals surface area contributed by atoms with E-state index < -0.39 is 29.3 Å². The molecule has 1 aliphatic heterocycles. The van der Waals surface area contributed by atoms with Crippen molar-refractivity contribution in [1.82, 2.24) is 36.1 Å². The highest BCUT2D eigenvalue weighted by Gasteiger charge is 2.41. The third kappa shape index (κ3) is 27.5. The third-order valence-corrected chi connectivity index (χ3v) is 12.4. The molecule has 0 spiro atoms. The lowest BCUT2D eigenvalue weighted by Gasteiger charge is -2.37. The van der Waals surface area contributed by atoms with Gasteiger partial charge >= 0.3 is 0 Å². The Labute approximate surface area is 469 Å². The monoisotopic (exact) mass is 1110 g/mol. The number of primary amides is 2. The second-order valence-corrected chi connectivity index (χ2v) is 19.7. The molecule has 0 radical (unpaired) electrons. The van der Waals surface area contributed by atoms with Crippen LogP contribution in [0.15, 0.2) is 85.2 Å². The summed E-state index contributed by atoms with van der Waals surface area (Å²) in [5.41, 5.74) is 18.4. The van der Waals surface area contributed by atoms with Crippen LogP contribution < -0.4 is 43.2 Å². The fourth-order valence-corrected chi connectivity index (χ4v) is 8.01. The highest BCUT2D eigenvalue weighted by Crippen LogP contribution is 2.23. The summed E-state index contributed by atoms with van der Waals surface area (Å²) in [6, 6.07) is 22.4. The number of benzene rings is 3. The molecule has 22 nitrogen and oxygen atoms in total. The van der Waals surface area contributed by atoms with E-state index in [1.165, 1.54) is 28.2 Å². The smallest absolute Gasteiger partial charge is 0.262 e. The minimum Gasteiger partial charge on any atom is -0.492 e. The van der Waals surface area contributed by atoms with Crippen LogP contribution in [-0.2, 0) is 67.2 Å². The summed E-state index contributed by atoms with van der Waals surface area (Å²) in [5, 5.41) is 20.9. The molecule has 8 amide bonds. The molecule has 22 heteroatoms. The van der Waals surface area contributed by atoms with Gasteiger partial charge in [-0.05, 0) is 105 Å². The molecule has 5 rings (SSSR count). The van der Waals surface area contributed by atoms with E-state index in [1.807, 2.05) is 26.0 Å². The van der Waals surface area contributed by atoms with Crippen LogP contribution in [0.2, 0.25) is 0 Å². The number of carbonyl (C=O) groups excluding carboxylic acids is 9. The molecular weight excluding hydrogens is 1030 g/mol. The molecular formula is C58H83N11O11. The van der Waals surface area contributed by atoms with Gasteiger partial charge in [-0.25, -0.2) is 0 Å². The topological polar surface area (TPSA) is 341 Å². The number of unbranched alkanes of at least 4 members (excludes halogenated alkanes) is 1. The molecule has 4 aromatic rings. The zero-order chi connectivity index (χ0) is 59.6. The Morgan fingerprint density at radius 2 is 1.52 bits per heavy atom. The predicted molar refractivity (Wildman–Crippen MR) is 306 cm³/mol. The number of ketones is 1. The average molecular weight is 1110 g/mol. The zero-order valence-corrected chi connectivity index (χ0v) is 47.3. The van der Waals surface area contributed by atoms with Gasteiger partial charge in [0.15, 0.2) is 0 Å². The maximum absolute atomic E-state index is 13.3. The van der Waals surface area contributed by atoms with Crippen LogP contribution in [0.25, 0.3) is 10.8 Å². The second-order valence-electron chi connectivity index (χ2n) is 19.7. The van der Waals surface area contributed by atoms with Crippen molar-refractivity contribution in [1.29, 1.82) is 5.41 Å². The number of pyridine rings is 1. The molecule has 1 fully saturated rings. The van der Waals surface area contributed by atoms with Gasteiger partial charge in [0.05, 0.1) is 13.0 Å². The third-order valence-electron chi connectivity index (χ3n) is 12.4. The van der Waals surface area contributed by atoms with Gasteiger partial charge in [0.1, 0.15) is 35.4 Å². The lowest BCUT2D eigenvalue weighted by Crippen LogP contribution is -2.62. The van der Waals surface area contributed by atoms with Crippen LogP contribution in [0, 0.1) is 12.3 Å². The molecule has 0 saturated carbocycles. The van der Waals surface area contributed by atoms with Crippen molar-refractivity contribution >= 4 is 70.5 Å². The molecule has 2 unspecified atom stereocenters. The quantitative estimate of drug-likeness (QED) is 0.0231. The minimum atomic E-state index is -0.943. The van der Waals surface area contributed by atoms with E-state index in [2.05, 4.69) is 69.6 Å². The normalized spacial score (nSPS) is 13.2. The minimum absolute atomic E-state index is 0.000370. The molecule has 0 bridgehead atoms. The van der Waals surface area contributed by atoms with Gasteiger partial charge in [-0.1, -0.05) is 60.2 Å². The van der Waals surface area contributed by atoms with Crippen LogP contribution in [0.1, 0.15) is 94.9 Å². The summed E-state index contributed by atoms with van der Waals surface area (Å²) in [6.07, 6.45) is 9.50. The highest BCUT2D eigenvalue weighted by molar-refractivity contribution is 6.37. The Kier molecular flexibility index (Phi) is 31.4. The zero-order valence-electron chi connectivity index (χ0n) is 47.3. The fourth-order valence-electron chi connectivity index (χ4n) is 8.01. The summed E-state index contributed by atoms with van der Waals surface area (Å²) in [4.78, 5) is 108. The number of fused-ring (bicyclic) bond motifs is 1. The molecule has 1 saturated heterocycles. The van der Waals surface area contributed by atoms with Crippen LogP contribution in [0.5, 0.6) is 5.75 Å². The van der Waals surface area contributed by atoms with Crippen molar-refractivity contribution in [3.63, 3.8) is 0 Å². The van der Waals surface area contributed by atoms with Gasteiger partial charge in [-0.3, -0.25) is 53.5 Å². The summed E-state index contributed by atoms with van der Waals surface area (Å²) >= 11 is 0. The first-order valence-electron chi connectivity index (χ1n) is 26.5. The second kappa shape index (κ2) is 36.9. The van der Waals surface area contributed by atoms with Crippen molar-refractivity contribution in [2.75, 3.05) is 53.6 Å². The number of carbonyl (C=O) groups is 9. The predicted octanol–water partition coefficient (Wildman–Crippen LogP) is 2.75. The summed E-state index contributed by atoms with van der Waals surface area (Å²) in [7, 11) is 3.36. The van der Waals surface area contributed by atoms with Crippen LogP contribution in [0.3, 0.4) is 0 Å². The first kappa shape index (κ1) is 68.0. The maximum atomic E-state index is 13.3. The Morgan fingerprint density at radius 3 is 2.10 bits per heavy atom. The van der Waals surface area contributed by atoms with E-state index in [-0.39, 0.29) is 60.7 Å². The van der Waals surface area contributed by atoms with Gasteiger partial charge in [0.25, 0.3) is 5.91 Å². The first-order valence-corrected chi connectivity index (χ1v) is 26.5.